The standard InChI is InChI=1S/C16H12F5NO2/c1-2-22(11-5-8-13(17)14(18)9-11)15(23)10-3-6-12(7-4-10)24-16(19,20)21/h3-9H,2H2,1H3. The molecule has 128 valence electrons. The molecule has 0 fully saturated rings. The number of hydrogen-bond acceptors (Lipinski definition) is 2. The highest BCUT2D eigenvalue weighted by Crippen LogP contribution is 2.24. The van der Waals surface area contributed by atoms with E-state index in [2.05, 4.69) is 4.74 Å². The fourth-order valence-corrected chi connectivity index (χ4v) is 2.05. The van der Waals surface area contributed by atoms with E-state index >= 15 is 0 Å². The molecule has 0 aliphatic carbocycles. The van der Waals surface area contributed by atoms with E-state index in [4.69, 9.17) is 0 Å². The van der Waals surface area contributed by atoms with Crippen LogP contribution in [0.2, 0.25) is 0 Å². The molecule has 0 bridgehead atoms. The van der Waals surface area contributed by atoms with E-state index < -0.39 is 29.7 Å². The molecular formula is C16H12F5NO2. The lowest BCUT2D eigenvalue weighted by atomic mass is 10.1. The van der Waals surface area contributed by atoms with Crippen molar-refractivity contribution in [3.05, 3.63) is 59.7 Å². The van der Waals surface area contributed by atoms with Crippen LogP contribution in [0.4, 0.5) is 27.6 Å². The summed E-state index contributed by atoms with van der Waals surface area (Å²) >= 11 is 0. The van der Waals surface area contributed by atoms with Gasteiger partial charge >= 0.3 is 6.36 Å². The predicted octanol–water partition coefficient (Wildman–Crippen LogP) is 4.53. The number of nitrogens with zero attached hydrogens (tertiary/aromatic N) is 1. The summed E-state index contributed by atoms with van der Waals surface area (Å²) in [4.78, 5) is 13.6. The molecule has 2 aromatic rings. The third-order valence-electron chi connectivity index (χ3n) is 3.11. The minimum absolute atomic E-state index is 0.0797. The molecule has 2 aromatic carbocycles. The summed E-state index contributed by atoms with van der Waals surface area (Å²) in [5.74, 6) is -3.18. The van der Waals surface area contributed by atoms with E-state index in [0.717, 1.165) is 36.4 Å². The summed E-state index contributed by atoms with van der Waals surface area (Å²) in [7, 11) is 0. The smallest absolute Gasteiger partial charge is 0.406 e. The van der Waals surface area contributed by atoms with Crippen LogP contribution in [0, 0.1) is 11.6 Å². The Labute approximate surface area is 134 Å². The van der Waals surface area contributed by atoms with Crippen molar-refractivity contribution in [3.8, 4) is 5.75 Å². The molecule has 1 amide bonds. The zero-order valence-corrected chi connectivity index (χ0v) is 12.4. The first kappa shape index (κ1) is 17.7. The topological polar surface area (TPSA) is 29.5 Å². The van der Waals surface area contributed by atoms with Crippen LogP contribution in [0.25, 0.3) is 0 Å². The number of amides is 1. The molecule has 0 unspecified atom stereocenters. The van der Waals surface area contributed by atoms with Gasteiger partial charge in [0.15, 0.2) is 11.6 Å². The molecule has 0 N–H and O–H groups in total. The highest BCUT2D eigenvalue weighted by Gasteiger charge is 2.31. The fraction of sp³-hybridized carbons (Fsp3) is 0.188. The van der Waals surface area contributed by atoms with Crippen molar-refractivity contribution in [2.45, 2.75) is 13.3 Å². The highest BCUT2D eigenvalue weighted by atomic mass is 19.4. The molecule has 0 aliphatic heterocycles. The van der Waals surface area contributed by atoms with E-state index in [0.29, 0.717) is 0 Å². The van der Waals surface area contributed by atoms with Gasteiger partial charge in [-0.15, -0.1) is 13.2 Å². The molecule has 0 heterocycles. The van der Waals surface area contributed by atoms with Crippen LogP contribution in [0.15, 0.2) is 42.5 Å². The van der Waals surface area contributed by atoms with E-state index in [1.807, 2.05) is 0 Å². The van der Waals surface area contributed by atoms with Crippen molar-refractivity contribution in [1.82, 2.24) is 0 Å². The second kappa shape index (κ2) is 6.86. The molecule has 8 heteroatoms. The fourth-order valence-electron chi connectivity index (χ4n) is 2.05. The lowest BCUT2D eigenvalue weighted by Gasteiger charge is -2.21. The lowest BCUT2D eigenvalue weighted by molar-refractivity contribution is -0.274. The average molecular weight is 345 g/mol. The summed E-state index contributed by atoms with van der Waals surface area (Å²) in [6, 6.07) is 7.32. The maximum absolute atomic E-state index is 13.3. The normalized spacial score (nSPS) is 11.2. The van der Waals surface area contributed by atoms with Gasteiger partial charge < -0.3 is 9.64 Å². The largest absolute Gasteiger partial charge is 0.573 e. The molecular weight excluding hydrogens is 333 g/mol. The predicted molar refractivity (Wildman–Crippen MR) is 76.8 cm³/mol. The van der Waals surface area contributed by atoms with Gasteiger partial charge in [0.1, 0.15) is 5.75 Å². The van der Waals surface area contributed by atoms with Gasteiger partial charge in [0, 0.05) is 23.9 Å². The number of ether oxygens (including phenoxy) is 1. The molecule has 0 saturated heterocycles. The molecule has 3 nitrogen and oxygen atoms in total. The van der Waals surface area contributed by atoms with Gasteiger partial charge in [-0.3, -0.25) is 4.79 Å². The van der Waals surface area contributed by atoms with Crippen LogP contribution in [0.1, 0.15) is 17.3 Å². The number of hydrogen-bond donors (Lipinski definition) is 0. The van der Waals surface area contributed by atoms with Crippen molar-refractivity contribution in [3.63, 3.8) is 0 Å². The quantitative estimate of drug-likeness (QED) is 0.762. The second-order valence-electron chi connectivity index (χ2n) is 4.72. The first-order valence-corrected chi connectivity index (χ1v) is 6.84. The monoisotopic (exact) mass is 345 g/mol. The Bertz CT molecular complexity index is 728. The summed E-state index contributed by atoms with van der Waals surface area (Å²) in [5.41, 5.74) is 0.216. The Morgan fingerprint density at radius 2 is 1.67 bits per heavy atom. The average Bonchev–Trinajstić information content (AvgIpc) is 2.50. The van der Waals surface area contributed by atoms with Crippen molar-refractivity contribution < 1.29 is 31.5 Å². The van der Waals surface area contributed by atoms with Gasteiger partial charge in [-0.1, -0.05) is 0 Å². The number of halogens is 5. The first-order chi connectivity index (χ1) is 11.2. The van der Waals surface area contributed by atoms with Crippen LogP contribution in [-0.2, 0) is 0 Å². The first-order valence-electron chi connectivity index (χ1n) is 6.84. The van der Waals surface area contributed by atoms with Crippen molar-refractivity contribution >= 4 is 11.6 Å². The minimum atomic E-state index is -4.83. The molecule has 0 radical (unpaired) electrons. The number of carbonyl (C=O) groups is 1. The van der Waals surface area contributed by atoms with Crippen LogP contribution in [0.5, 0.6) is 5.75 Å². The van der Waals surface area contributed by atoms with Crippen LogP contribution in [-0.4, -0.2) is 18.8 Å². The van der Waals surface area contributed by atoms with Gasteiger partial charge in [0.2, 0.25) is 0 Å². The molecule has 0 aromatic heterocycles. The van der Waals surface area contributed by atoms with Crippen molar-refractivity contribution in [1.29, 1.82) is 0 Å². The minimum Gasteiger partial charge on any atom is -0.406 e. The molecule has 2 rings (SSSR count). The number of benzene rings is 2. The summed E-state index contributed by atoms with van der Waals surface area (Å²) in [5, 5.41) is 0. The number of carbonyl (C=O) groups excluding carboxylic acids is 1. The van der Waals surface area contributed by atoms with Crippen molar-refractivity contribution in [2.24, 2.45) is 0 Å². The van der Waals surface area contributed by atoms with E-state index in [-0.39, 0.29) is 17.8 Å². The summed E-state index contributed by atoms with van der Waals surface area (Å²) < 4.78 is 66.4. The Hall–Kier alpha value is -2.64. The Morgan fingerprint density at radius 3 is 2.17 bits per heavy atom. The maximum Gasteiger partial charge on any atom is 0.573 e. The van der Waals surface area contributed by atoms with Gasteiger partial charge in [-0.05, 0) is 43.3 Å². The van der Waals surface area contributed by atoms with Crippen molar-refractivity contribution in [2.75, 3.05) is 11.4 Å². The molecule has 24 heavy (non-hydrogen) atoms. The van der Waals surface area contributed by atoms with E-state index in [1.165, 1.54) is 11.0 Å². The Morgan fingerprint density at radius 1 is 1.04 bits per heavy atom. The van der Waals surface area contributed by atoms with Gasteiger partial charge in [0.25, 0.3) is 5.91 Å². The van der Waals surface area contributed by atoms with E-state index in [9.17, 15) is 26.7 Å². The number of rotatable bonds is 4. The number of anilines is 1. The molecule has 0 aliphatic rings. The van der Waals surface area contributed by atoms with E-state index in [1.54, 1.807) is 6.92 Å². The summed E-state index contributed by atoms with van der Waals surface area (Å²) in [6.07, 6.45) is -4.83. The zero-order chi connectivity index (χ0) is 17.9. The Kier molecular flexibility index (Phi) is 5.06. The maximum atomic E-state index is 13.3. The molecule has 0 saturated carbocycles. The van der Waals surface area contributed by atoms with Crippen LogP contribution >= 0.6 is 0 Å². The van der Waals surface area contributed by atoms with Crippen LogP contribution in [0.3, 0.4) is 0 Å². The SMILES string of the molecule is CCN(C(=O)c1ccc(OC(F)(F)F)cc1)c1ccc(F)c(F)c1. The highest BCUT2D eigenvalue weighted by molar-refractivity contribution is 6.06. The zero-order valence-electron chi connectivity index (χ0n) is 12.4. The molecule has 0 spiro atoms. The van der Waals surface area contributed by atoms with Gasteiger partial charge in [-0.2, -0.15) is 0 Å². The van der Waals surface area contributed by atoms with Gasteiger partial charge in [0.05, 0.1) is 0 Å². The Balaban J connectivity index is 2.23. The third-order valence-corrected chi connectivity index (χ3v) is 3.11. The second-order valence-corrected chi connectivity index (χ2v) is 4.72. The van der Waals surface area contributed by atoms with Gasteiger partial charge in [-0.25, -0.2) is 8.78 Å². The van der Waals surface area contributed by atoms with Crippen LogP contribution < -0.4 is 9.64 Å². The lowest BCUT2D eigenvalue weighted by Crippen LogP contribution is -2.30. The molecule has 0 atom stereocenters. The third kappa shape index (κ3) is 4.21. The summed E-state index contributed by atoms with van der Waals surface area (Å²) in [6.45, 7) is 1.78. The number of alkyl halides is 3.